The van der Waals surface area contributed by atoms with Crippen molar-refractivity contribution in [3.63, 3.8) is 0 Å². The zero-order valence-corrected chi connectivity index (χ0v) is 19.2. The summed E-state index contributed by atoms with van der Waals surface area (Å²) >= 11 is 1.41. The Bertz CT molecular complexity index is 1180. The van der Waals surface area contributed by atoms with Crippen molar-refractivity contribution in [1.82, 2.24) is 9.29 Å². The number of amides is 1. The van der Waals surface area contributed by atoms with E-state index in [1.807, 2.05) is 55.5 Å². The van der Waals surface area contributed by atoms with E-state index >= 15 is 0 Å². The summed E-state index contributed by atoms with van der Waals surface area (Å²) < 4.78 is 32.3. The van der Waals surface area contributed by atoms with Gasteiger partial charge in [-0.05, 0) is 43.5 Å². The van der Waals surface area contributed by atoms with Gasteiger partial charge in [-0.25, -0.2) is 13.4 Å². The third-order valence-electron chi connectivity index (χ3n) is 5.25. The van der Waals surface area contributed by atoms with Crippen LogP contribution in [0, 0.1) is 0 Å². The van der Waals surface area contributed by atoms with E-state index in [1.54, 1.807) is 4.90 Å². The summed E-state index contributed by atoms with van der Waals surface area (Å²) in [6.07, 6.45) is 2.34. The number of sulfonamides is 1. The molecule has 31 heavy (non-hydrogen) atoms. The lowest BCUT2D eigenvalue weighted by molar-refractivity contribution is -0.121. The second kappa shape index (κ2) is 8.94. The summed E-state index contributed by atoms with van der Waals surface area (Å²) in [6, 6.07) is 14.6. The first-order valence-corrected chi connectivity index (χ1v) is 12.9. The molecule has 3 aromatic rings. The largest absolute Gasteiger partial charge is 0.494 e. The van der Waals surface area contributed by atoms with Crippen LogP contribution in [0.2, 0.25) is 0 Å². The van der Waals surface area contributed by atoms with Gasteiger partial charge in [0, 0.05) is 6.54 Å². The van der Waals surface area contributed by atoms with E-state index in [4.69, 9.17) is 9.72 Å². The molecule has 0 bridgehead atoms. The average Bonchev–Trinajstić information content (AvgIpc) is 3.39. The molecule has 1 atom stereocenters. The summed E-state index contributed by atoms with van der Waals surface area (Å²) in [5.41, 5.74) is 1.73. The Labute approximate surface area is 186 Å². The van der Waals surface area contributed by atoms with Crippen molar-refractivity contribution in [2.75, 3.05) is 24.3 Å². The van der Waals surface area contributed by atoms with Crippen LogP contribution < -0.4 is 9.64 Å². The van der Waals surface area contributed by atoms with Crippen molar-refractivity contribution in [2.45, 2.75) is 32.4 Å². The zero-order chi connectivity index (χ0) is 22.0. The number of hydrogen-bond acceptors (Lipinski definition) is 6. The van der Waals surface area contributed by atoms with Crippen molar-refractivity contribution in [1.29, 1.82) is 0 Å². The van der Waals surface area contributed by atoms with Gasteiger partial charge in [0.05, 0.1) is 29.6 Å². The molecule has 0 spiro atoms. The van der Waals surface area contributed by atoms with Crippen molar-refractivity contribution in [3.8, 4) is 5.75 Å². The molecule has 2 aromatic carbocycles. The molecule has 1 aliphatic rings. The molecule has 4 rings (SSSR count). The number of carbonyl (C=O) groups is 1. The topological polar surface area (TPSA) is 79.8 Å². The number of rotatable bonds is 7. The highest BCUT2D eigenvalue weighted by Gasteiger charge is 2.39. The zero-order valence-electron chi connectivity index (χ0n) is 17.5. The lowest BCUT2D eigenvalue weighted by atomic mass is 10.1. The monoisotopic (exact) mass is 459 g/mol. The van der Waals surface area contributed by atoms with E-state index in [0.29, 0.717) is 37.7 Å². The molecule has 0 saturated carbocycles. The van der Waals surface area contributed by atoms with Crippen LogP contribution >= 0.6 is 11.3 Å². The number of carbonyl (C=O) groups excluding carboxylic acids is 1. The van der Waals surface area contributed by atoms with Gasteiger partial charge in [0.15, 0.2) is 5.13 Å². The van der Waals surface area contributed by atoms with E-state index < -0.39 is 16.1 Å². The molecule has 1 aliphatic heterocycles. The SMILES string of the molecule is CCOc1ccc2nc(N(Cc3ccccc3)C(=O)C3CCCN3S(C)(=O)=O)sc2c1. The van der Waals surface area contributed by atoms with Crippen LogP contribution in [0.1, 0.15) is 25.3 Å². The number of hydrogen-bond donors (Lipinski definition) is 0. The Morgan fingerprint density at radius 2 is 2.03 bits per heavy atom. The fourth-order valence-electron chi connectivity index (χ4n) is 3.83. The molecule has 1 amide bonds. The molecule has 1 fully saturated rings. The molecular weight excluding hydrogens is 434 g/mol. The molecule has 7 nitrogen and oxygen atoms in total. The highest BCUT2D eigenvalue weighted by Crippen LogP contribution is 2.34. The minimum absolute atomic E-state index is 0.240. The molecule has 0 aliphatic carbocycles. The van der Waals surface area contributed by atoms with E-state index in [-0.39, 0.29) is 5.91 Å². The van der Waals surface area contributed by atoms with Gasteiger partial charge in [-0.3, -0.25) is 9.69 Å². The molecule has 164 valence electrons. The van der Waals surface area contributed by atoms with Gasteiger partial charge in [-0.2, -0.15) is 4.31 Å². The normalized spacial score (nSPS) is 17.2. The lowest BCUT2D eigenvalue weighted by Gasteiger charge is -2.27. The number of ether oxygens (including phenoxy) is 1. The molecule has 2 heterocycles. The maximum atomic E-state index is 13.6. The van der Waals surface area contributed by atoms with E-state index in [0.717, 1.165) is 27.8 Å². The molecule has 1 aromatic heterocycles. The maximum Gasteiger partial charge on any atom is 0.247 e. The Kier molecular flexibility index (Phi) is 6.27. The number of nitrogens with zero attached hydrogens (tertiary/aromatic N) is 3. The molecule has 0 N–H and O–H groups in total. The van der Waals surface area contributed by atoms with Crippen LogP contribution in [0.3, 0.4) is 0 Å². The lowest BCUT2D eigenvalue weighted by Crippen LogP contribution is -2.47. The van der Waals surface area contributed by atoms with Crippen molar-refractivity contribution >= 4 is 42.6 Å². The smallest absolute Gasteiger partial charge is 0.247 e. The molecule has 9 heteroatoms. The summed E-state index contributed by atoms with van der Waals surface area (Å²) in [7, 11) is -3.47. The van der Waals surface area contributed by atoms with Gasteiger partial charge in [-0.15, -0.1) is 0 Å². The molecule has 1 unspecified atom stereocenters. The first-order valence-electron chi connectivity index (χ1n) is 10.2. The average molecular weight is 460 g/mol. The molecular formula is C22H25N3O4S2. The van der Waals surface area contributed by atoms with E-state index in [2.05, 4.69) is 0 Å². The van der Waals surface area contributed by atoms with Crippen LogP contribution in [0.4, 0.5) is 5.13 Å². The summed E-state index contributed by atoms with van der Waals surface area (Å²) in [4.78, 5) is 19.9. The molecule has 1 saturated heterocycles. The Morgan fingerprint density at radius 1 is 1.26 bits per heavy atom. The fourth-order valence-corrected chi connectivity index (χ4v) is 5.95. The van der Waals surface area contributed by atoms with E-state index in [9.17, 15) is 13.2 Å². The van der Waals surface area contributed by atoms with Crippen molar-refractivity contribution < 1.29 is 17.9 Å². The van der Waals surface area contributed by atoms with Crippen LogP contribution in [-0.4, -0.2) is 49.1 Å². The number of aromatic nitrogens is 1. The van der Waals surface area contributed by atoms with Crippen LogP contribution in [0.5, 0.6) is 5.75 Å². The number of anilines is 1. The van der Waals surface area contributed by atoms with Crippen LogP contribution in [0.25, 0.3) is 10.2 Å². The Hall–Kier alpha value is -2.49. The van der Waals surface area contributed by atoms with Crippen molar-refractivity contribution in [2.24, 2.45) is 0 Å². The van der Waals surface area contributed by atoms with Gasteiger partial charge in [-0.1, -0.05) is 41.7 Å². The number of benzene rings is 2. The minimum atomic E-state index is -3.47. The highest BCUT2D eigenvalue weighted by atomic mass is 32.2. The molecule has 0 radical (unpaired) electrons. The van der Waals surface area contributed by atoms with Crippen molar-refractivity contribution in [3.05, 3.63) is 54.1 Å². The predicted molar refractivity (Wildman–Crippen MR) is 123 cm³/mol. The second-order valence-corrected chi connectivity index (χ2v) is 10.4. The van der Waals surface area contributed by atoms with Gasteiger partial charge >= 0.3 is 0 Å². The summed E-state index contributed by atoms with van der Waals surface area (Å²) in [5.74, 6) is 0.515. The third kappa shape index (κ3) is 4.73. The quantitative estimate of drug-likeness (QED) is 0.539. The van der Waals surface area contributed by atoms with Gasteiger partial charge in [0.2, 0.25) is 15.9 Å². The maximum absolute atomic E-state index is 13.6. The standard InChI is InChI=1S/C22H25N3O4S2/c1-3-29-17-11-12-18-20(14-17)30-22(23-18)24(15-16-8-5-4-6-9-16)21(26)19-10-7-13-25(19)31(2,27)28/h4-6,8-9,11-12,14,19H,3,7,10,13,15H2,1-2H3. The third-order valence-corrected chi connectivity index (χ3v) is 7.58. The summed E-state index contributed by atoms with van der Waals surface area (Å²) in [6.45, 7) is 3.19. The van der Waals surface area contributed by atoms with Crippen LogP contribution in [0.15, 0.2) is 48.5 Å². The Balaban J connectivity index is 1.72. The summed E-state index contributed by atoms with van der Waals surface area (Å²) in [5, 5.41) is 0.554. The number of thiazole rings is 1. The second-order valence-electron chi connectivity index (χ2n) is 7.50. The Morgan fingerprint density at radius 3 is 2.74 bits per heavy atom. The van der Waals surface area contributed by atoms with E-state index in [1.165, 1.54) is 15.6 Å². The van der Waals surface area contributed by atoms with Gasteiger partial charge in [0.1, 0.15) is 11.8 Å². The first-order chi connectivity index (χ1) is 14.9. The predicted octanol–water partition coefficient (Wildman–Crippen LogP) is 3.65. The minimum Gasteiger partial charge on any atom is -0.494 e. The van der Waals surface area contributed by atoms with Crippen LogP contribution in [-0.2, 0) is 21.4 Å². The fraction of sp³-hybridized carbons (Fsp3) is 0.364. The van der Waals surface area contributed by atoms with Gasteiger partial charge < -0.3 is 4.74 Å². The van der Waals surface area contributed by atoms with Gasteiger partial charge in [0.25, 0.3) is 0 Å². The number of fused-ring (bicyclic) bond motifs is 1. The first kappa shape index (κ1) is 21.7. The highest BCUT2D eigenvalue weighted by molar-refractivity contribution is 7.88.